The molecule has 1 amide bonds. The minimum Gasteiger partial charge on any atom is -0.493 e. The first-order chi connectivity index (χ1) is 11.1. The zero-order valence-electron chi connectivity index (χ0n) is 14.3. The largest absolute Gasteiger partial charge is 0.493 e. The highest BCUT2D eigenvalue weighted by Gasteiger charge is 2.17. The van der Waals surface area contributed by atoms with Crippen molar-refractivity contribution in [3.05, 3.63) is 17.7 Å². The molecule has 0 bridgehead atoms. The average molecular weight is 343 g/mol. The Morgan fingerprint density at radius 1 is 1.13 bits per heavy atom. The van der Waals surface area contributed by atoms with E-state index in [1.54, 1.807) is 31.0 Å². The summed E-state index contributed by atoms with van der Waals surface area (Å²) in [5, 5.41) is 2.87. The molecule has 1 unspecified atom stereocenters. The lowest BCUT2D eigenvalue weighted by molar-refractivity contribution is 0.0819. The van der Waals surface area contributed by atoms with Gasteiger partial charge < -0.3 is 24.3 Å². The highest BCUT2D eigenvalue weighted by Crippen LogP contribution is 2.38. The highest BCUT2D eigenvalue weighted by molar-refractivity contribution is 7.98. The lowest BCUT2D eigenvalue weighted by Crippen LogP contribution is -2.33. The fraction of sp³-hybridized carbons (Fsp3) is 0.562. The first-order valence-corrected chi connectivity index (χ1v) is 8.60. The number of hydrogen-bond acceptors (Lipinski definition) is 6. The molecule has 0 fully saturated rings. The van der Waals surface area contributed by atoms with Gasteiger partial charge in [-0.15, -0.1) is 0 Å². The zero-order valence-corrected chi connectivity index (χ0v) is 15.1. The van der Waals surface area contributed by atoms with Gasteiger partial charge in [-0.3, -0.25) is 4.79 Å². The minimum absolute atomic E-state index is 0.00607. The van der Waals surface area contributed by atoms with Crippen LogP contribution < -0.4 is 19.5 Å². The van der Waals surface area contributed by atoms with Gasteiger partial charge in [-0.05, 0) is 30.6 Å². The molecule has 0 aromatic heterocycles. The second kappa shape index (κ2) is 10.2. The standard InChI is InChI=1S/C16H25NO5S/c1-19-12(6-7-23-5)10-17-16(18)11-8-13(20-2)15(22-4)14(9-11)21-3/h8-9,12H,6-7,10H2,1-5H3,(H,17,18). The van der Waals surface area contributed by atoms with Crippen LogP contribution in [0.4, 0.5) is 0 Å². The zero-order chi connectivity index (χ0) is 17.2. The molecule has 1 aromatic carbocycles. The summed E-state index contributed by atoms with van der Waals surface area (Å²) in [5.74, 6) is 2.13. The summed E-state index contributed by atoms with van der Waals surface area (Å²) in [5.41, 5.74) is 0.444. The van der Waals surface area contributed by atoms with Crippen LogP contribution >= 0.6 is 11.8 Å². The SMILES string of the molecule is COc1cc(C(=O)NCC(CCSC)OC)cc(OC)c1OC. The van der Waals surface area contributed by atoms with Crippen molar-refractivity contribution in [2.45, 2.75) is 12.5 Å². The lowest BCUT2D eigenvalue weighted by Gasteiger charge is -2.17. The molecule has 23 heavy (non-hydrogen) atoms. The summed E-state index contributed by atoms with van der Waals surface area (Å²) in [6.45, 7) is 0.451. The molecule has 1 atom stereocenters. The number of amides is 1. The second-order valence-electron chi connectivity index (χ2n) is 4.76. The van der Waals surface area contributed by atoms with Crippen LogP contribution in [0, 0.1) is 0 Å². The fourth-order valence-electron chi connectivity index (χ4n) is 2.07. The van der Waals surface area contributed by atoms with Gasteiger partial charge in [-0.25, -0.2) is 0 Å². The van der Waals surface area contributed by atoms with Crippen LogP contribution in [-0.4, -0.2) is 59.0 Å². The Morgan fingerprint density at radius 2 is 1.74 bits per heavy atom. The van der Waals surface area contributed by atoms with Crippen molar-refractivity contribution in [3.8, 4) is 17.2 Å². The van der Waals surface area contributed by atoms with E-state index < -0.39 is 0 Å². The van der Waals surface area contributed by atoms with Crippen LogP contribution in [0.2, 0.25) is 0 Å². The Kier molecular flexibility index (Phi) is 8.65. The third-order valence-electron chi connectivity index (χ3n) is 3.39. The maximum atomic E-state index is 12.4. The number of ether oxygens (including phenoxy) is 4. The van der Waals surface area contributed by atoms with Crippen molar-refractivity contribution in [1.82, 2.24) is 5.32 Å². The topological polar surface area (TPSA) is 66.0 Å². The Balaban J connectivity index is 2.83. The third-order valence-corrected chi connectivity index (χ3v) is 4.04. The number of carbonyl (C=O) groups is 1. The third kappa shape index (κ3) is 5.51. The van der Waals surface area contributed by atoms with Crippen molar-refractivity contribution >= 4 is 17.7 Å². The van der Waals surface area contributed by atoms with E-state index in [9.17, 15) is 4.79 Å². The van der Waals surface area contributed by atoms with E-state index in [-0.39, 0.29) is 12.0 Å². The number of rotatable bonds is 10. The molecule has 0 heterocycles. The number of carbonyl (C=O) groups excluding carboxylic acids is 1. The fourth-order valence-corrected chi connectivity index (χ4v) is 2.57. The van der Waals surface area contributed by atoms with E-state index in [0.29, 0.717) is 29.4 Å². The van der Waals surface area contributed by atoms with E-state index in [2.05, 4.69) is 5.32 Å². The van der Waals surface area contributed by atoms with Gasteiger partial charge in [0.2, 0.25) is 5.75 Å². The number of hydrogen-bond donors (Lipinski definition) is 1. The molecule has 1 aromatic rings. The van der Waals surface area contributed by atoms with Crippen molar-refractivity contribution in [1.29, 1.82) is 0 Å². The monoisotopic (exact) mass is 343 g/mol. The van der Waals surface area contributed by atoms with Crippen molar-refractivity contribution in [3.63, 3.8) is 0 Å². The first-order valence-electron chi connectivity index (χ1n) is 7.21. The van der Waals surface area contributed by atoms with Gasteiger partial charge in [0.05, 0.1) is 27.4 Å². The number of nitrogens with one attached hydrogen (secondary N) is 1. The van der Waals surface area contributed by atoms with Crippen LogP contribution in [0.5, 0.6) is 17.2 Å². The van der Waals surface area contributed by atoms with Gasteiger partial charge in [-0.2, -0.15) is 11.8 Å². The molecule has 6 nitrogen and oxygen atoms in total. The molecule has 0 spiro atoms. The van der Waals surface area contributed by atoms with Crippen molar-refractivity contribution in [2.24, 2.45) is 0 Å². The number of benzene rings is 1. The Hall–Kier alpha value is -1.60. The summed E-state index contributed by atoms with van der Waals surface area (Å²) in [6, 6.07) is 3.25. The van der Waals surface area contributed by atoms with E-state index >= 15 is 0 Å². The summed E-state index contributed by atoms with van der Waals surface area (Å²) in [6.07, 6.45) is 2.92. The maximum Gasteiger partial charge on any atom is 0.251 e. The quantitative estimate of drug-likeness (QED) is 0.703. The molecule has 1 rings (SSSR count). The van der Waals surface area contributed by atoms with E-state index in [0.717, 1.165) is 12.2 Å². The molecule has 0 saturated carbocycles. The predicted molar refractivity (Wildman–Crippen MR) is 92.2 cm³/mol. The van der Waals surface area contributed by atoms with Gasteiger partial charge in [0.15, 0.2) is 11.5 Å². The average Bonchev–Trinajstić information content (AvgIpc) is 2.60. The summed E-state index contributed by atoms with van der Waals surface area (Å²) >= 11 is 1.75. The predicted octanol–water partition coefficient (Wildman–Crippen LogP) is 2.21. The minimum atomic E-state index is -0.213. The molecule has 1 N–H and O–H groups in total. The lowest BCUT2D eigenvalue weighted by atomic mass is 10.1. The summed E-state index contributed by atoms with van der Waals surface area (Å²) in [7, 11) is 6.20. The van der Waals surface area contributed by atoms with Crippen molar-refractivity contribution in [2.75, 3.05) is 47.0 Å². The molecular weight excluding hydrogens is 318 g/mol. The molecule has 0 aliphatic carbocycles. The normalized spacial score (nSPS) is 11.7. The number of thioether (sulfide) groups is 1. The first kappa shape index (κ1) is 19.4. The van der Waals surface area contributed by atoms with E-state index in [4.69, 9.17) is 18.9 Å². The molecular formula is C16H25NO5S. The van der Waals surface area contributed by atoms with Crippen LogP contribution in [0.3, 0.4) is 0 Å². The van der Waals surface area contributed by atoms with Gasteiger partial charge in [0, 0.05) is 19.2 Å². The molecule has 0 aliphatic heterocycles. The van der Waals surface area contributed by atoms with Crippen molar-refractivity contribution < 1.29 is 23.7 Å². The maximum absolute atomic E-state index is 12.4. The second-order valence-corrected chi connectivity index (χ2v) is 5.75. The van der Waals surface area contributed by atoms with E-state index in [1.165, 1.54) is 21.3 Å². The van der Waals surface area contributed by atoms with Crippen LogP contribution in [0.15, 0.2) is 12.1 Å². The highest BCUT2D eigenvalue weighted by atomic mass is 32.2. The Morgan fingerprint density at radius 3 is 2.17 bits per heavy atom. The molecule has 0 aliphatic rings. The van der Waals surface area contributed by atoms with Gasteiger partial charge in [0.1, 0.15) is 0 Å². The Labute approximate surface area is 141 Å². The number of methoxy groups -OCH3 is 4. The van der Waals surface area contributed by atoms with Crippen LogP contribution in [0.25, 0.3) is 0 Å². The van der Waals surface area contributed by atoms with Gasteiger partial charge >= 0.3 is 0 Å². The summed E-state index contributed by atoms with van der Waals surface area (Å²) < 4.78 is 21.1. The molecule has 7 heteroatoms. The summed E-state index contributed by atoms with van der Waals surface area (Å²) in [4.78, 5) is 12.4. The Bertz CT molecular complexity index is 484. The smallest absolute Gasteiger partial charge is 0.251 e. The van der Waals surface area contributed by atoms with Gasteiger partial charge in [-0.1, -0.05) is 0 Å². The van der Waals surface area contributed by atoms with Crippen LogP contribution in [0.1, 0.15) is 16.8 Å². The molecule has 0 saturated heterocycles. The van der Waals surface area contributed by atoms with Crippen LogP contribution in [-0.2, 0) is 4.74 Å². The molecule has 0 radical (unpaired) electrons. The van der Waals surface area contributed by atoms with E-state index in [1.807, 2.05) is 6.26 Å². The molecule has 130 valence electrons. The van der Waals surface area contributed by atoms with Gasteiger partial charge in [0.25, 0.3) is 5.91 Å².